The molecule has 0 fully saturated rings. The first-order chi connectivity index (χ1) is 9.57. The van der Waals surface area contributed by atoms with E-state index in [0.29, 0.717) is 13.1 Å². The van der Waals surface area contributed by atoms with Crippen LogP contribution in [0.3, 0.4) is 0 Å². The molecule has 0 saturated heterocycles. The molecule has 21 heavy (non-hydrogen) atoms. The molecule has 0 saturated carbocycles. The Kier molecular flexibility index (Phi) is 6.16. The Bertz CT molecular complexity index is 484. The minimum absolute atomic E-state index is 0.408. The number of pyridine rings is 1. The van der Waals surface area contributed by atoms with Crippen LogP contribution in [0, 0.1) is 0 Å². The fourth-order valence-corrected chi connectivity index (χ4v) is 2.06. The van der Waals surface area contributed by atoms with Gasteiger partial charge < -0.3 is 15.4 Å². The van der Waals surface area contributed by atoms with Crippen molar-refractivity contribution < 1.29 is 9.53 Å². The number of aromatic nitrogens is 1. The predicted molar refractivity (Wildman–Crippen MR) is 87.1 cm³/mol. The van der Waals surface area contributed by atoms with Crippen LogP contribution in [0.2, 0.25) is 0 Å². The fourth-order valence-electron chi connectivity index (χ4n) is 1.68. The molecule has 5 nitrogen and oxygen atoms in total. The summed E-state index contributed by atoms with van der Waals surface area (Å²) >= 11 is 3.34. The van der Waals surface area contributed by atoms with Crippen LogP contribution in [0.15, 0.2) is 22.8 Å². The van der Waals surface area contributed by atoms with Gasteiger partial charge in [0.25, 0.3) is 0 Å². The molecule has 0 atom stereocenters. The number of amides is 1. The van der Waals surface area contributed by atoms with Gasteiger partial charge in [0, 0.05) is 13.1 Å². The fraction of sp³-hybridized carbons (Fsp3) is 0.600. The first-order valence-corrected chi connectivity index (χ1v) is 7.70. The number of nitrogens with one attached hydrogen (secondary N) is 2. The zero-order valence-corrected chi connectivity index (χ0v) is 14.9. The van der Waals surface area contributed by atoms with Gasteiger partial charge in [0.1, 0.15) is 10.2 Å². The van der Waals surface area contributed by atoms with Gasteiger partial charge in [-0.3, -0.25) is 0 Å². The van der Waals surface area contributed by atoms with Crippen molar-refractivity contribution in [3.63, 3.8) is 0 Å². The van der Waals surface area contributed by atoms with E-state index in [9.17, 15) is 4.79 Å². The molecule has 0 aliphatic rings. The molecule has 1 aromatic heterocycles. The highest BCUT2D eigenvalue weighted by Gasteiger charge is 2.24. The lowest BCUT2D eigenvalue weighted by Gasteiger charge is -2.28. The molecule has 1 rings (SSSR count). The quantitative estimate of drug-likeness (QED) is 0.794. The summed E-state index contributed by atoms with van der Waals surface area (Å²) in [6, 6.07) is 5.78. The Morgan fingerprint density at radius 2 is 1.95 bits per heavy atom. The third-order valence-corrected chi connectivity index (χ3v) is 2.93. The van der Waals surface area contributed by atoms with Crippen LogP contribution in [0.5, 0.6) is 0 Å². The second-order valence-electron chi connectivity index (χ2n) is 6.57. The number of nitrogens with zero attached hydrogens (tertiary/aromatic N) is 1. The smallest absolute Gasteiger partial charge is 0.408 e. The summed E-state index contributed by atoms with van der Waals surface area (Å²) < 4.78 is 6.07. The van der Waals surface area contributed by atoms with Crippen molar-refractivity contribution in [3.8, 4) is 0 Å². The second kappa shape index (κ2) is 7.22. The van der Waals surface area contributed by atoms with Crippen LogP contribution >= 0.6 is 15.9 Å². The summed E-state index contributed by atoms with van der Waals surface area (Å²) in [5.74, 6) is 0. The van der Waals surface area contributed by atoms with Gasteiger partial charge in [0.2, 0.25) is 0 Å². The molecule has 0 unspecified atom stereocenters. The van der Waals surface area contributed by atoms with E-state index in [0.717, 1.165) is 10.3 Å². The minimum atomic E-state index is -0.492. The SMILES string of the molecule is CC(C)(CNCc1cccc(Br)n1)NC(=O)OC(C)(C)C. The summed E-state index contributed by atoms with van der Waals surface area (Å²) in [5, 5.41) is 6.14. The molecule has 0 radical (unpaired) electrons. The van der Waals surface area contributed by atoms with Crippen molar-refractivity contribution in [2.45, 2.75) is 52.3 Å². The van der Waals surface area contributed by atoms with Crippen LogP contribution in [0.4, 0.5) is 4.79 Å². The van der Waals surface area contributed by atoms with E-state index < -0.39 is 17.2 Å². The maximum Gasteiger partial charge on any atom is 0.408 e. The molecule has 1 aromatic rings. The van der Waals surface area contributed by atoms with Crippen molar-refractivity contribution in [1.82, 2.24) is 15.6 Å². The summed E-state index contributed by atoms with van der Waals surface area (Å²) in [5.41, 5.74) is 0.0415. The zero-order valence-electron chi connectivity index (χ0n) is 13.3. The average Bonchev–Trinajstić information content (AvgIpc) is 2.24. The van der Waals surface area contributed by atoms with Crippen LogP contribution < -0.4 is 10.6 Å². The first kappa shape index (κ1) is 17.9. The van der Waals surface area contributed by atoms with Gasteiger partial charge in [0.05, 0.1) is 11.2 Å². The molecule has 0 bridgehead atoms. The summed E-state index contributed by atoms with van der Waals surface area (Å²) in [6.07, 6.45) is -0.408. The Labute approximate surface area is 135 Å². The number of ether oxygens (including phenoxy) is 1. The van der Waals surface area contributed by atoms with Crippen molar-refractivity contribution in [2.24, 2.45) is 0 Å². The van der Waals surface area contributed by atoms with Crippen molar-refractivity contribution in [3.05, 3.63) is 28.5 Å². The third kappa shape index (κ3) is 8.02. The Morgan fingerprint density at radius 1 is 1.29 bits per heavy atom. The normalized spacial score (nSPS) is 12.1. The Balaban J connectivity index is 2.40. The van der Waals surface area contributed by atoms with Crippen LogP contribution in [0.1, 0.15) is 40.3 Å². The van der Waals surface area contributed by atoms with E-state index in [1.807, 2.05) is 52.8 Å². The molecule has 1 amide bonds. The Hall–Kier alpha value is -1.14. The molecule has 1 heterocycles. The van der Waals surface area contributed by atoms with Gasteiger partial charge in [-0.2, -0.15) is 0 Å². The lowest BCUT2D eigenvalue weighted by atomic mass is 10.1. The molecule has 2 N–H and O–H groups in total. The van der Waals surface area contributed by atoms with E-state index in [1.54, 1.807) is 0 Å². The van der Waals surface area contributed by atoms with Gasteiger partial charge in [-0.25, -0.2) is 9.78 Å². The maximum atomic E-state index is 11.8. The zero-order chi connectivity index (χ0) is 16.1. The summed E-state index contributed by atoms with van der Waals surface area (Å²) in [6.45, 7) is 10.7. The highest BCUT2D eigenvalue weighted by atomic mass is 79.9. The van der Waals surface area contributed by atoms with Crippen molar-refractivity contribution >= 4 is 22.0 Å². The average molecular weight is 358 g/mol. The number of halogens is 1. The predicted octanol–water partition coefficient (Wildman–Crippen LogP) is 3.24. The largest absolute Gasteiger partial charge is 0.444 e. The number of rotatable bonds is 5. The van der Waals surface area contributed by atoms with Crippen LogP contribution in [-0.4, -0.2) is 28.8 Å². The van der Waals surface area contributed by atoms with Crippen molar-refractivity contribution in [2.75, 3.05) is 6.54 Å². The summed E-state index contributed by atoms with van der Waals surface area (Å²) in [7, 11) is 0. The van der Waals surface area contributed by atoms with E-state index in [2.05, 4.69) is 31.5 Å². The lowest BCUT2D eigenvalue weighted by molar-refractivity contribution is 0.0472. The molecular formula is C15H24BrN3O2. The van der Waals surface area contributed by atoms with Gasteiger partial charge in [-0.05, 0) is 62.7 Å². The van der Waals surface area contributed by atoms with Crippen LogP contribution in [0.25, 0.3) is 0 Å². The number of hydrogen-bond donors (Lipinski definition) is 2. The van der Waals surface area contributed by atoms with Crippen molar-refractivity contribution in [1.29, 1.82) is 0 Å². The highest BCUT2D eigenvalue weighted by Crippen LogP contribution is 2.09. The summed E-state index contributed by atoms with van der Waals surface area (Å²) in [4.78, 5) is 16.1. The number of alkyl carbamates (subject to hydrolysis) is 1. The van der Waals surface area contributed by atoms with E-state index >= 15 is 0 Å². The monoisotopic (exact) mass is 357 g/mol. The molecule has 6 heteroatoms. The van der Waals surface area contributed by atoms with Gasteiger partial charge in [-0.15, -0.1) is 0 Å². The van der Waals surface area contributed by atoms with Gasteiger partial charge >= 0.3 is 6.09 Å². The highest BCUT2D eigenvalue weighted by molar-refractivity contribution is 9.10. The topological polar surface area (TPSA) is 63.2 Å². The maximum absolute atomic E-state index is 11.8. The molecule has 118 valence electrons. The number of hydrogen-bond acceptors (Lipinski definition) is 4. The molecule has 0 aliphatic heterocycles. The standard InChI is InChI=1S/C15H24BrN3O2/c1-14(2,3)21-13(20)19-15(4,5)10-17-9-11-7-6-8-12(16)18-11/h6-8,17H,9-10H2,1-5H3,(H,19,20). The third-order valence-electron chi connectivity index (χ3n) is 2.49. The van der Waals surface area contributed by atoms with E-state index in [-0.39, 0.29) is 0 Å². The second-order valence-corrected chi connectivity index (χ2v) is 7.38. The number of carbonyl (C=O) groups is 1. The lowest BCUT2D eigenvalue weighted by Crippen LogP contribution is -2.51. The molecule has 0 aliphatic carbocycles. The molecular weight excluding hydrogens is 334 g/mol. The molecule has 0 aromatic carbocycles. The van der Waals surface area contributed by atoms with E-state index in [1.165, 1.54) is 0 Å². The molecule has 0 spiro atoms. The number of carbonyl (C=O) groups excluding carboxylic acids is 1. The van der Waals surface area contributed by atoms with Crippen LogP contribution in [-0.2, 0) is 11.3 Å². The first-order valence-electron chi connectivity index (χ1n) is 6.91. The van der Waals surface area contributed by atoms with E-state index in [4.69, 9.17) is 4.74 Å². The van der Waals surface area contributed by atoms with Gasteiger partial charge in [0.15, 0.2) is 0 Å². The minimum Gasteiger partial charge on any atom is -0.444 e. The van der Waals surface area contributed by atoms with Gasteiger partial charge in [-0.1, -0.05) is 6.07 Å². The Morgan fingerprint density at radius 3 is 2.52 bits per heavy atom.